The number of esters is 1. The Balaban J connectivity index is 2.17. The molecule has 0 unspecified atom stereocenters. The van der Waals surface area contributed by atoms with E-state index in [1.54, 1.807) is 19.2 Å². The van der Waals surface area contributed by atoms with E-state index < -0.39 is 6.10 Å². The topological polar surface area (TPSA) is 46.6 Å². The van der Waals surface area contributed by atoms with Crippen molar-refractivity contribution in [3.05, 3.63) is 66.2 Å². The smallest absolute Gasteiger partial charge is 0.306 e. The monoisotopic (exact) mass is 339 g/mol. The van der Waals surface area contributed by atoms with Gasteiger partial charge in [0.1, 0.15) is 0 Å². The van der Waals surface area contributed by atoms with Crippen LogP contribution in [0.4, 0.5) is 5.69 Å². The molecule has 0 aliphatic heterocycles. The van der Waals surface area contributed by atoms with Gasteiger partial charge in [0, 0.05) is 24.7 Å². The van der Waals surface area contributed by atoms with Gasteiger partial charge in [0.15, 0.2) is 0 Å². The summed E-state index contributed by atoms with van der Waals surface area (Å²) >= 11 is 0. The molecular formula is C21H25NO3. The number of unbranched alkanes of at least 4 members (excludes halogenated alkanes) is 2. The number of benzene rings is 2. The van der Waals surface area contributed by atoms with Crippen LogP contribution in [0.15, 0.2) is 60.7 Å². The first-order valence-electron chi connectivity index (χ1n) is 8.70. The molecule has 4 nitrogen and oxygen atoms in total. The molecule has 0 aliphatic carbocycles. The Morgan fingerprint density at radius 1 is 0.960 bits per heavy atom. The number of hydrogen-bond donors (Lipinski definition) is 0. The fraction of sp³-hybridized carbons (Fsp3) is 0.333. The van der Waals surface area contributed by atoms with Gasteiger partial charge < -0.3 is 9.64 Å². The van der Waals surface area contributed by atoms with Crippen LogP contribution in [0, 0.1) is 0 Å². The molecule has 132 valence electrons. The predicted molar refractivity (Wildman–Crippen MR) is 99.3 cm³/mol. The maximum Gasteiger partial charge on any atom is 0.306 e. The zero-order chi connectivity index (χ0) is 18.1. The van der Waals surface area contributed by atoms with E-state index in [1.807, 2.05) is 48.5 Å². The lowest BCUT2D eigenvalue weighted by Crippen LogP contribution is -2.34. The summed E-state index contributed by atoms with van der Waals surface area (Å²) in [5, 5.41) is 0. The van der Waals surface area contributed by atoms with Crippen LogP contribution in [0.5, 0.6) is 0 Å². The number of carbonyl (C=O) groups is 2. The second-order valence-electron chi connectivity index (χ2n) is 5.97. The van der Waals surface area contributed by atoms with E-state index in [-0.39, 0.29) is 11.9 Å². The molecule has 0 N–H and O–H groups in total. The number of para-hydroxylation sites is 1. The molecule has 0 heterocycles. The first kappa shape index (κ1) is 18.7. The quantitative estimate of drug-likeness (QED) is 0.525. The lowest BCUT2D eigenvalue weighted by molar-refractivity contribution is -0.155. The van der Waals surface area contributed by atoms with Crippen LogP contribution in [-0.4, -0.2) is 18.9 Å². The average Bonchev–Trinajstić information content (AvgIpc) is 2.66. The molecule has 2 aromatic rings. The minimum atomic E-state index is -0.930. The van der Waals surface area contributed by atoms with Crippen LogP contribution in [-0.2, 0) is 14.3 Å². The molecule has 1 amide bonds. The maximum atomic E-state index is 13.0. The fourth-order valence-electron chi connectivity index (χ4n) is 2.55. The summed E-state index contributed by atoms with van der Waals surface area (Å²) in [5.74, 6) is -0.599. The normalized spacial score (nSPS) is 11.6. The van der Waals surface area contributed by atoms with Gasteiger partial charge in [0.25, 0.3) is 5.91 Å². The molecule has 0 saturated carbocycles. The highest BCUT2D eigenvalue weighted by atomic mass is 16.5. The molecule has 2 aromatic carbocycles. The van der Waals surface area contributed by atoms with Gasteiger partial charge in [-0.05, 0) is 18.6 Å². The highest BCUT2D eigenvalue weighted by molar-refractivity contribution is 5.97. The third-order valence-corrected chi connectivity index (χ3v) is 4.03. The van der Waals surface area contributed by atoms with Crippen LogP contribution in [0.2, 0.25) is 0 Å². The number of rotatable bonds is 8. The van der Waals surface area contributed by atoms with E-state index in [9.17, 15) is 9.59 Å². The average molecular weight is 339 g/mol. The van der Waals surface area contributed by atoms with E-state index in [0.29, 0.717) is 12.0 Å². The number of likely N-dealkylation sites (N-methyl/N-ethyl adjacent to an activating group) is 1. The largest absolute Gasteiger partial charge is 0.447 e. The molecule has 0 fully saturated rings. The maximum absolute atomic E-state index is 13.0. The van der Waals surface area contributed by atoms with Crippen molar-refractivity contribution in [2.24, 2.45) is 0 Å². The second-order valence-corrected chi connectivity index (χ2v) is 5.97. The Morgan fingerprint density at radius 3 is 2.16 bits per heavy atom. The molecule has 0 bridgehead atoms. The first-order valence-corrected chi connectivity index (χ1v) is 8.70. The van der Waals surface area contributed by atoms with E-state index in [0.717, 1.165) is 24.9 Å². The fourth-order valence-corrected chi connectivity index (χ4v) is 2.55. The van der Waals surface area contributed by atoms with Crippen LogP contribution in [0.1, 0.15) is 44.3 Å². The van der Waals surface area contributed by atoms with Crippen molar-refractivity contribution in [3.8, 4) is 0 Å². The van der Waals surface area contributed by atoms with Gasteiger partial charge in [-0.1, -0.05) is 68.3 Å². The van der Waals surface area contributed by atoms with Crippen molar-refractivity contribution in [3.63, 3.8) is 0 Å². The summed E-state index contributed by atoms with van der Waals surface area (Å²) < 4.78 is 5.56. The summed E-state index contributed by atoms with van der Waals surface area (Å²) in [7, 11) is 1.69. The molecule has 0 radical (unpaired) electrons. The number of ether oxygens (including phenoxy) is 1. The molecule has 4 heteroatoms. The molecule has 0 aromatic heterocycles. The number of amides is 1. The summed E-state index contributed by atoms with van der Waals surface area (Å²) in [5.41, 5.74) is 1.44. The van der Waals surface area contributed by atoms with Crippen LogP contribution in [0.3, 0.4) is 0 Å². The molecule has 0 saturated heterocycles. The molecule has 0 aliphatic rings. The highest BCUT2D eigenvalue weighted by Gasteiger charge is 2.28. The van der Waals surface area contributed by atoms with Crippen molar-refractivity contribution in [2.75, 3.05) is 11.9 Å². The van der Waals surface area contributed by atoms with Gasteiger partial charge in [0.2, 0.25) is 6.10 Å². The lowest BCUT2D eigenvalue weighted by atomic mass is 10.1. The Labute approximate surface area is 149 Å². The van der Waals surface area contributed by atoms with Gasteiger partial charge in [-0.15, -0.1) is 0 Å². The summed E-state index contributed by atoms with van der Waals surface area (Å²) in [6.07, 6.45) is 2.19. The minimum absolute atomic E-state index is 0.263. The van der Waals surface area contributed by atoms with Crippen LogP contribution < -0.4 is 4.90 Å². The third kappa shape index (κ3) is 5.45. The standard InChI is InChI=1S/C21H25NO3/c1-3-4-7-16-19(23)25-20(17-12-8-5-9-13-17)21(24)22(2)18-14-10-6-11-15-18/h5-6,8-15,20H,3-4,7,16H2,1-2H3/t20-/m0/s1. The van der Waals surface area contributed by atoms with Gasteiger partial charge in [-0.25, -0.2) is 0 Å². The zero-order valence-corrected chi connectivity index (χ0v) is 14.9. The summed E-state index contributed by atoms with van der Waals surface area (Å²) in [6, 6.07) is 18.5. The first-order chi connectivity index (χ1) is 12.1. The minimum Gasteiger partial charge on any atom is -0.447 e. The molecule has 2 rings (SSSR count). The number of nitrogens with zero attached hydrogens (tertiary/aromatic N) is 1. The zero-order valence-electron chi connectivity index (χ0n) is 14.9. The van der Waals surface area contributed by atoms with Crippen molar-refractivity contribution >= 4 is 17.6 Å². The van der Waals surface area contributed by atoms with Gasteiger partial charge in [-0.2, -0.15) is 0 Å². The number of hydrogen-bond acceptors (Lipinski definition) is 3. The van der Waals surface area contributed by atoms with E-state index in [2.05, 4.69) is 6.92 Å². The Kier molecular flexibility index (Phi) is 7.20. The number of anilines is 1. The van der Waals surface area contributed by atoms with Crippen LogP contribution in [0.25, 0.3) is 0 Å². The van der Waals surface area contributed by atoms with Crippen molar-refractivity contribution in [1.29, 1.82) is 0 Å². The molecular weight excluding hydrogens is 314 g/mol. The summed E-state index contributed by atoms with van der Waals surface area (Å²) in [6.45, 7) is 2.08. The lowest BCUT2D eigenvalue weighted by Gasteiger charge is -2.24. The van der Waals surface area contributed by atoms with Gasteiger partial charge in [0.05, 0.1) is 0 Å². The van der Waals surface area contributed by atoms with E-state index >= 15 is 0 Å². The summed E-state index contributed by atoms with van der Waals surface area (Å²) in [4.78, 5) is 26.7. The molecule has 0 spiro atoms. The Morgan fingerprint density at radius 2 is 1.56 bits per heavy atom. The molecule has 1 atom stereocenters. The second kappa shape index (κ2) is 9.62. The molecule has 25 heavy (non-hydrogen) atoms. The Bertz CT molecular complexity index is 670. The van der Waals surface area contributed by atoms with E-state index in [4.69, 9.17) is 4.74 Å². The van der Waals surface area contributed by atoms with Crippen molar-refractivity contribution in [1.82, 2.24) is 0 Å². The van der Waals surface area contributed by atoms with E-state index in [1.165, 1.54) is 4.90 Å². The third-order valence-electron chi connectivity index (χ3n) is 4.03. The Hall–Kier alpha value is -2.62. The van der Waals surface area contributed by atoms with Gasteiger partial charge >= 0.3 is 5.97 Å². The predicted octanol–water partition coefficient (Wildman–Crippen LogP) is 4.51. The SMILES string of the molecule is CCCCCC(=O)O[C@H](C(=O)N(C)c1ccccc1)c1ccccc1. The highest BCUT2D eigenvalue weighted by Crippen LogP contribution is 2.24. The van der Waals surface area contributed by atoms with Crippen molar-refractivity contribution in [2.45, 2.75) is 38.7 Å². The van der Waals surface area contributed by atoms with Gasteiger partial charge in [-0.3, -0.25) is 9.59 Å². The van der Waals surface area contributed by atoms with Crippen LogP contribution >= 0.6 is 0 Å². The number of carbonyl (C=O) groups excluding carboxylic acids is 2. The van der Waals surface area contributed by atoms with Crippen molar-refractivity contribution < 1.29 is 14.3 Å².